The Morgan fingerprint density at radius 3 is 2.89 bits per heavy atom. The molecule has 138 valence electrons. The highest BCUT2D eigenvalue weighted by atomic mass is 19.4. The minimum Gasteiger partial charge on any atom is -0.423 e. The molecule has 1 aromatic carbocycles. The third-order valence-electron chi connectivity index (χ3n) is 4.27. The van der Waals surface area contributed by atoms with E-state index in [4.69, 9.17) is 4.65 Å². The van der Waals surface area contributed by atoms with Gasteiger partial charge in [0.2, 0.25) is 0 Å². The van der Waals surface area contributed by atoms with Crippen LogP contribution in [0, 0.1) is 0 Å². The second kappa shape index (κ2) is 6.07. The number of hydrogen-bond donors (Lipinski definition) is 2. The first-order valence-electron chi connectivity index (χ1n) is 7.88. The van der Waals surface area contributed by atoms with E-state index in [1.807, 2.05) is 0 Å². The molecule has 4 rings (SSSR count). The quantitative estimate of drug-likeness (QED) is 0.662. The Morgan fingerprint density at radius 1 is 1.37 bits per heavy atom. The van der Waals surface area contributed by atoms with E-state index in [0.29, 0.717) is 11.2 Å². The molecule has 0 bridgehead atoms. The Morgan fingerprint density at radius 2 is 2.15 bits per heavy atom. The number of halogens is 3. The largest absolute Gasteiger partial charge is 0.491 e. The highest BCUT2D eigenvalue weighted by Gasteiger charge is 2.37. The minimum atomic E-state index is -4.66. The second-order valence-electron chi connectivity index (χ2n) is 6.10. The lowest BCUT2D eigenvalue weighted by Gasteiger charge is -2.08. The number of aryl methyl sites for hydroxylation is 1. The second-order valence-corrected chi connectivity index (χ2v) is 6.10. The van der Waals surface area contributed by atoms with Crippen molar-refractivity contribution in [3.63, 3.8) is 0 Å². The molecular weight excluding hydrogens is 364 g/mol. The predicted molar refractivity (Wildman–Crippen MR) is 90.3 cm³/mol. The lowest BCUT2D eigenvalue weighted by Crippen LogP contribution is -2.28. The SMILES string of the molecule is Cn1nc(C(F)(F)F)c2cc(C(=O)Nc3ccc4c(c3)COB4O)cnc21. The molecule has 0 saturated carbocycles. The summed E-state index contributed by atoms with van der Waals surface area (Å²) in [7, 11) is 0.355. The zero-order chi connectivity index (χ0) is 19.3. The highest BCUT2D eigenvalue weighted by molar-refractivity contribution is 6.61. The smallest absolute Gasteiger partial charge is 0.423 e. The van der Waals surface area contributed by atoms with Gasteiger partial charge in [-0.25, -0.2) is 9.67 Å². The van der Waals surface area contributed by atoms with Gasteiger partial charge in [-0.3, -0.25) is 4.79 Å². The average molecular weight is 376 g/mol. The Kier molecular flexibility index (Phi) is 3.93. The summed E-state index contributed by atoms with van der Waals surface area (Å²) in [5.41, 5.74) is 0.673. The summed E-state index contributed by atoms with van der Waals surface area (Å²) in [6, 6.07) is 5.95. The molecule has 3 heterocycles. The lowest BCUT2D eigenvalue weighted by atomic mass is 9.79. The van der Waals surface area contributed by atoms with Crippen LogP contribution in [0.4, 0.5) is 18.9 Å². The van der Waals surface area contributed by atoms with Crippen molar-refractivity contribution >= 4 is 35.2 Å². The van der Waals surface area contributed by atoms with Gasteiger partial charge in [0.05, 0.1) is 17.6 Å². The number of rotatable bonds is 2. The number of carbonyl (C=O) groups excluding carboxylic acids is 1. The van der Waals surface area contributed by atoms with E-state index in [1.54, 1.807) is 18.2 Å². The van der Waals surface area contributed by atoms with Crippen LogP contribution in [0.25, 0.3) is 11.0 Å². The van der Waals surface area contributed by atoms with Gasteiger partial charge in [0.25, 0.3) is 5.91 Å². The fraction of sp³-hybridized carbons (Fsp3) is 0.188. The van der Waals surface area contributed by atoms with E-state index in [1.165, 1.54) is 13.2 Å². The van der Waals surface area contributed by atoms with Gasteiger partial charge in [-0.15, -0.1) is 0 Å². The van der Waals surface area contributed by atoms with Gasteiger partial charge < -0.3 is 15.0 Å². The Labute approximate surface area is 150 Å². The number of nitrogens with zero attached hydrogens (tertiary/aromatic N) is 3. The number of carbonyl (C=O) groups is 1. The molecule has 0 radical (unpaired) electrons. The Hall–Kier alpha value is -2.92. The van der Waals surface area contributed by atoms with E-state index in [0.717, 1.165) is 16.3 Å². The number of amides is 1. The molecule has 0 saturated heterocycles. The number of alkyl halides is 3. The van der Waals surface area contributed by atoms with E-state index in [-0.39, 0.29) is 23.2 Å². The van der Waals surface area contributed by atoms with Crippen LogP contribution in [0.5, 0.6) is 0 Å². The van der Waals surface area contributed by atoms with Crippen LogP contribution in [0.2, 0.25) is 0 Å². The van der Waals surface area contributed by atoms with Crippen LogP contribution >= 0.6 is 0 Å². The zero-order valence-electron chi connectivity index (χ0n) is 13.9. The van der Waals surface area contributed by atoms with Crippen LogP contribution in [-0.4, -0.2) is 32.8 Å². The molecular formula is C16H12BF3N4O3. The van der Waals surface area contributed by atoms with Crippen molar-refractivity contribution in [1.82, 2.24) is 14.8 Å². The molecule has 2 aromatic heterocycles. The van der Waals surface area contributed by atoms with Gasteiger partial charge in [-0.1, -0.05) is 6.07 Å². The molecule has 7 nitrogen and oxygen atoms in total. The van der Waals surface area contributed by atoms with Crippen molar-refractivity contribution in [3.8, 4) is 0 Å². The third-order valence-corrected chi connectivity index (χ3v) is 4.27. The fourth-order valence-electron chi connectivity index (χ4n) is 2.99. The zero-order valence-corrected chi connectivity index (χ0v) is 13.9. The maximum atomic E-state index is 13.1. The molecule has 1 amide bonds. The van der Waals surface area contributed by atoms with Crippen molar-refractivity contribution in [2.45, 2.75) is 12.8 Å². The van der Waals surface area contributed by atoms with E-state index >= 15 is 0 Å². The van der Waals surface area contributed by atoms with Crippen molar-refractivity contribution in [2.24, 2.45) is 7.05 Å². The van der Waals surface area contributed by atoms with Crippen molar-refractivity contribution in [2.75, 3.05) is 5.32 Å². The van der Waals surface area contributed by atoms with Gasteiger partial charge in [0.15, 0.2) is 11.3 Å². The fourth-order valence-corrected chi connectivity index (χ4v) is 2.99. The summed E-state index contributed by atoms with van der Waals surface area (Å²) in [4.78, 5) is 16.4. The summed E-state index contributed by atoms with van der Waals surface area (Å²) in [6.45, 7) is 0.207. The molecule has 1 aliphatic heterocycles. The Balaban J connectivity index is 1.65. The van der Waals surface area contributed by atoms with E-state index in [2.05, 4.69) is 15.4 Å². The van der Waals surface area contributed by atoms with Gasteiger partial charge in [-0.2, -0.15) is 18.3 Å². The van der Waals surface area contributed by atoms with Gasteiger partial charge in [-0.05, 0) is 29.2 Å². The number of benzene rings is 1. The van der Waals surface area contributed by atoms with Gasteiger partial charge in [0.1, 0.15) is 0 Å². The van der Waals surface area contributed by atoms with Crippen molar-refractivity contribution < 1.29 is 27.6 Å². The summed E-state index contributed by atoms with van der Waals surface area (Å²) in [6.07, 6.45) is -3.46. The normalized spacial score (nSPS) is 13.9. The molecule has 2 N–H and O–H groups in total. The average Bonchev–Trinajstić information content (AvgIpc) is 3.15. The number of fused-ring (bicyclic) bond motifs is 2. The number of hydrogen-bond acceptors (Lipinski definition) is 5. The van der Waals surface area contributed by atoms with Gasteiger partial charge >= 0.3 is 13.3 Å². The van der Waals surface area contributed by atoms with Crippen molar-refractivity contribution in [3.05, 3.63) is 47.3 Å². The van der Waals surface area contributed by atoms with E-state index in [9.17, 15) is 23.0 Å². The van der Waals surface area contributed by atoms with E-state index < -0.39 is 24.9 Å². The lowest BCUT2D eigenvalue weighted by molar-refractivity contribution is -0.140. The Bertz CT molecular complexity index is 1070. The summed E-state index contributed by atoms with van der Waals surface area (Å²) in [5, 5.41) is 15.4. The molecule has 0 aliphatic carbocycles. The molecule has 1 aliphatic rings. The topological polar surface area (TPSA) is 89.3 Å². The number of aromatic nitrogens is 3. The maximum Gasteiger partial charge on any atom is 0.491 e. The monoisotopic (exact) mass is 376 g/mol. The van der Waals surface area contributed by atoms with Crippen molar-refractivity contribution in [1.29, 1.82) is 0 Å². The minimum absolute atomic E-state index is 0.0298. The number of pyridine rings is 1. The first kappa shape index (κ1) is 17.5. The van der Waals surface area contributed by atoms with Crippen LogP contribution in [-0.2, 0) is 24.5 Å². The van der Waals surface area contributed by atoms with Crippen LogP contribution < -0.4 is 10.8 Å². The molecule has 27 heavy (non-hydrogen) atoms. The van der Waals surface area contributed by atoms with Crippen LogP contribution in [0.1, 0.15) is 21.6 Å². The molecule has 0 fully saturated rings. The summed E-state index contributed by atoms with van der Waals surface area (Å²) >= 11 is 0. The summed E-state index contributed by atoms with van der Waals surface area (Å²) in [5.74, 6) is -0.610. The van der Waals surface area contributed by atoms with Crippen LogP contribution in [0.15, 0.2) is 30.5 Å². The maximum absolute atomic E-state index is 13.1. The number of nitrogens with one attached hydrogen (secondary N) is 1. The molecule has 0 spiro atoms. The molecule has 11 heteroatoms. The first-order chi connectivity index (χ1) is 12.7. The molecule has 0 atom stereocenters. The molecule has 3 aromatic rings. The standard InChI is InChI=1S/C16H12BF3N4O3/c1-24-14-11(13(23-24)16(18,19)20)5-8(6-21-14)15(25)22-10-2-3-12-9(4-10)7-27-17(12)26/h2-6,26H,7H2,1H3,(H,22,25). The third kappa shape index (κ3) is 3.04. The predicted octanol–water partition coefficient (Wildman–Crippen LogP) is 1.46. The molecule has 0 unspecified atom stereocenters. The number of anilines is 1. The van der Waals surface area contributed by atoms with Gasteiger partial charge in [0, 0.05) is 18.9 Å². The van der Waals surface area contributed by atoms with Crippen LogP contribution in [0.3, 0.4) is 0 Å². The first-order valence-corrected chi connectivity index (χ1v) is 7.88. The summed E-state index contributed by atoms with van der Waals surface area (Å²) < 4.78 is 45.5. The highest BCUT2D eigenvalue weighted by Crippen LogP contribution is 2.33.